The van der Waals surface area contributed by atoms with Crippen LogP contribution in [-0.2, 0) is 0 Å². The maximum absolute atomic E-state index is 6.09. The minimum Gasteiger partial charge on any atom is -0.497 e. The zero-order valence-electron chi connectivity index (χ0n) is 14.1. The predicted molar refractivity (Wildman–Crippen MR) is 94.0 cm³/mol. The number of furan rings is 2. The van der Waals surface area contributed by atoms with Crippen LogP contribution in [0.15, 0.2) is 45.2 Å². The van der Waals surface area contributed by atoms with Crippen molar-refractivity contribution < 1.29 is 18.3 Å². The Morgan fingerprint density at radius 3 is 1.46 bits per heavy atom. The standard InChI is InChI=1S/C20H18O4/c1-11-15-7-5-13(21-3)9-17(15)23-19(11)20-12(2)16-8-6-14(22-4)10-18(16)24-20/h5-10H,1-4H3. The van der Waals surface area contributed by atoms with Gasteiger partial charge in [0.2, 0.25) is 0 Å². The van der Waals surface area contributed by atoms with Crippen molar-refractivity contribution in [1.82, 2.24) is 0 Å². The quantitative estimate of drug-likeness (QED) is 0.501. The van der Waals surface area contributed by atoms with E-state index in [4.69, 9.17) is 18.3 Å². The molecule has 0 saturated heterocycles. The van der Waals surface area contributed by atoms with Crippen LogP contribution in [-0.4, -0.2) is 14.2 Å². The Labute approximate surface area is 139 Å². The number of ether oxygens (including phenoxy) is 2. The van der Waals surface area contributed by atoms with E-state index in [-0.39, 0.29) is 0 Å². The molecule has 24 heavy (non-hydrogen) atoms. The van der Waals surface area contributed by atoms with E-state index >= 15 is 0 Å². The van der Waals surface area contributed by atoms with Crippen molar-refractivity contribution >= 4 is 21.9 Å². The maximum atomic E-state index is 6.09. The Bertz CT molecular complexity index is 967. The minimum absolute atomic E-state index is 0.755. The SMILES string of the molecule is COc1ccc2c(C)c(-c3oc4cc(OC)ccc4c3C)oc2c1. The predicted octanol–water partition coefficient (Wildman–Crippen LogP) is 5.48. The fourth-order valence-electron chi connectivity index (χ4n) is 3.10. The van der Waals surface area contributed by atoms with E-state index < -0.39 is 0 Å². The van der Waals surface area contributed by atoms with Crippen LogP contribution < -0.4 is 9.47 Å². The molecule has 0 spiro atoms. The molecule has 0 N–H and O–H groups in total. The zero-order valence-corrected chi connectivity index (χ0v) is 14.1. The summed E-state index contributed by atoms with van der Waals surface area (Å²) in [4.78, 5) is 0. The summed E-state index contributed by atoms with van der Waals surface area (Å²) in [7, 11) is 3.29. The lowest BCUT2D eigenvalue weighted by atomic mass is 10.1. The molecule has 0 saturated carbocycles. The van der Waals surface area contributed by atoms with Gasteiger partial charge in [-0.2, -0.15) is 0 Å². The molecule has 0 aliphatic rings. The van der Waals surface area contributed by atoms with Gasteiger partial charge in [-0.15, -0.1) is 0 Å². The summed E-state index contributed by atoms with van der Waals surface area (Å²) in [6, 6.07) is 11.7. The molecule has 4 aromatic rings. The summed E-state index contributed by atoms with van der Waals surface area (Å²) in [6.07, 6.45) is 0. The molecule has 4 nitrogen and oxygen atoms in total. The number of fused-ring (bicyclic) bond motifs is 2. The largest absolute Gasteiger partial charge is 0.497 e. The Hall–Kier alpha value is -2.88. The molecule has 0 radical (unpaired) electrons. The highest BCUT2D eigenvalue weighted by Crippen LogP contribution is 2.40. The number of hydrogen-bond donors (Lipinski definition) is 0. The molecule has 122 valence electrons. The zero-order chi connectivity index (χ0) is 16.8. The first-order valence-electron chi connectivity index (χ1n) is 7.77. The van der Waals surface area contributed by atoms with Crippen molar-refractivity contribution in [3.05, 3.63) is 47.5 Å². The summed E-state index contributed by atoms with van der Waals surface area (Å²) in [5.74, 6) is 3.06. The van der Waals surface area contributed by atoms with Crippen LogP contribution >= 0.6 is 0 Å². The Kier molecular flexibility index (Phi) is 3.27. The van der Waals surface area contributed by atoms with Crippen LogP contribution in [0.5, 0.6) is 11.5 Å². The van der Waals surface area contributed by atoms with Crippen molar-refractivity contribution in [2.24, 2.45) is 0 Å². The van der Waals surface area contributed by atoms with E-state index in [0.29, 0.717) is 0 Å². The lowest BCUT2D eigenvalue weighted by Crippen LogP contribution is -1.81. The van der Waals surface area contributed by atoms with Crippen LogP contribution in [0.3, 0.4) is 0 Å². The topological polar surface area (TPSA) is 44.7 Å². The summed E-state index contributed by atoms with van der Waals surface area (Å²) < 4.78 is 22.7. The first kappa shape index (κ1) is 14.7. The van der Waals surface area contributed by atoms with E-state index in [9.17, 15) is 0 Å². The van der Waals surface area contributed by atoms with Crippen molar-refractivity contribution in [2.45, 2.75) is 13.8 Å². The van der Waals surface area contributed by atoms with Gasteiger partial charge in [0.15, 0.2) is 11.5 Å². The van der Waals surface area contributed by atoms with Gasteiger partial charge in [-0.05, 0) is 38.1 Å². The second-order valence-electron chi connectivity index (χ2n) is 5.84. The molecule has 0 aliphatic heterocycles. The first-order valence-corrected chi connectivity index (χ1v) is 7.77. The van der Waals surface area contributed by atoms with Crippen LogP contribution in [0.4, 0.5) is 0 Å². The summed E-state index contributed by atoms with van der Waals surface area (Å²) >= 11 is 0. The van der Waals surface area contributed by atoms with E-state index in [1.54, 1.807) is 14.2 Å². The number of methoxy groups -OCH3 is 2. The average Bonchev–Trinajstić information content (AvgIpc) is 3.11. The molecule has 2 aromatic heterocycles. The van der Waals surface area contributed by atoms with E-state index in [1.807, 2.05) is 50.2 Å². The monoisotopic (exact) mass is 322 g/mol. The van der Waals surface area contributed by atoms with Crippen LogP contribution in [0, 0.1) is 13.8 Å². The molecule has 0 bridgehead atoms. The van der Waals surface area contributed by atoms with Gasteiger partial charge in [0, 0.05) is 34.0 Å². The summed E-state index contributed by atoms with van der Waals surface area (Å²) in [5, 5.41) is 2.12. The van der Waals surface area contributed by atoms with Crippen LogP contribution in [0.25, 0.3) is 33.5 Å². The minimum atomic E-state index is 0.755. The number of rotatable bonds is 3. The Morgan fingerprint density at radius 2 is 1.08 bits per heavy atom. The number of benzene rings is 2. The second kappa shape index (κ2) is 5.34. The third-order valence-corrected chi connectivity index (χ3v) is 4.50. The van der Waals surface area contributed by atoms with Gasteiger partial charge in [0.05, 0.1) is 14.2 Å². The number of aryl methyl sites for hydroxylation is 2. The van der Waals surface area contributed by atoms with E-state index in [2.05, 4.69) is 0 Å². The molecular weight excluding hydrogens is 304 g/mol. The molecule has 0 atom stereocenters. The normalized spacial score (nSPS) is 11.3. The fraction of sp³-hybridized carbons (Fsp3) is 0.200. The molecule has 2 aromatic carbocycles. The fourth-order valence-corrected chi connectivity index (χ4v) is 3.10. The Morgan fingerprint density at radius 1 is 0.667 bits per heavy atom. The third kappa shape index (κ3) is 2.07. The summed E-state index contributed by atoms with van der Waals surface area (Å²) in [5.41, 5.74) is 3.70. The molecule has 0 unspecified atom stereocenters. The van der Waals surface area contributed by atoms with Gasteiger partial charge in [0.1, 0.15) is 22.7 Å². The molecular formula is C20H18O4. The maximum Gasteiger partial charge on any atom is 0.173 e. The molecule has 4 rings (SSSR count). The third-order valence-electron chi connectivity index (χ3n) is 4.50. The molecule has 0 aliphatic carbocycles. The highest BCUT2D eigenvalue weighted by atomic mass is 16.5. The van der Waals surface area contributed by atoms with Crippen LogP contribution in [0.2, 0.25) is 0 Å². The van der Waals surface area contributed by atoms with Crippen molar-refractivity contribution in [2.75, 3.05) is 14.2 Å². The van der Waals surface area contributed by atoms with Gasteiger partial charge in [-0.25, -0.2) is 0 Å². The van der Waals surface area contributed by atoms with Gasteiger partial charge in [-0.3, -0.25) is 0 Å². The summed E-state index contributed by atoms with van der Waals surface area (Å²) in [6.45, 7) is 4.09. The average molecular weight is 322 g/mol. The van der Waals surface area contributed by atoms with Crippen molar-refractivity contribution in [3.8, 4) is 23.0 Å². The van der Waals surface area contributed by atoms with Gasteiger partial charge >= 0.3 is 0 Å². The second-order valence-corrected chi connectivity index (χ2v) is 5.84. The van der Waals surface area contributed by atoms with Gasteiger partial charge < -0.3 is 18.3 Å². The lowest BCUT2D eigenvalue weighted by Gasteiger charge is -1.97. The molecule has 0 amide bonds. The highest BCUT2D eigenvalue weighted by Gasteiger charge is 2.20. The molecule has 0 fully saturated rings. The van der Waals surface area contributed by atoms with Gasteiger partial charge in [-0.1, -0.05) is 0 Å². The van der Waals surface area contributed by atoms with E-state index in [0.717, 1.165) is 56.1 Å². The molecule has 4 heteroatoms. The van der Waals surface area contributed by atoms with E-state index in [1.165, 1.54) is 0 Å². The Balaban J connectivity index is 1.95. The first-order chi connectivity index (χ1) is 11.6. The smallest absolute Gasteiger partial charge is 0.173 e. The lowest BCUT2D eigenvalue weighted by molar-refractivity contribution is 0.414. The van der Waals surface area contributed by atoms with Crippen molar-refractivity contribution in [3.63, 3.8) is 0 Å². The van der Waals surface area contributed by atoms with Crippen LogP contribution in [0.1, 0.15) is 11.1 Å². The highest BCUT2D eigenvalue weighted by molar-refractivity contribution is 5.92. The van der Waals surface area contributed by atoms with Crippen molar-refractivity contribution in [1.29, 1.82) is 0 Å². The van der Waals surface area contributed by atoms with Gasteiger partial charge in [0.25, 0.3) is 0 Å². The number of hydrogen-bond acceptors (Lipinski definition) is 4. The molecule has 2 heterocycles.